The van der Waals surface area contributed by atoms with Gasteiger partial charge >= 0.3 is 0 Å². The molecule has 0 heterocycles. The fourth-order valence-corrected chi connectivity index (χ4v) is 4.45. The largest absolute Gasteiger partial charge is 0.311 e. The van der Waals surface area contributed by atoms with Crippen LogP contribution in [-0.2, 0) is 12.8 Å². The second kappa shape index (κ2) is 5.81. The van der Waals surface area contributed by atoms with E-state index in [2.05, 4.69) is 53.3 Å². The Morgan fingerprint density at radius 2 is 2.00 bits per heavy atom. The second-order valence-electron chi connectivity index (χ2n) is 7.48. The van der Waals surface area contributed by atoms with E-state index in [0.717, 1.165) is 6.04 Å². The van der Waals surface area contributed by atoms with E-state index in [1.807, 2.05) is 0 Å². The van der Waals surface area contributed by atoms with Crippen molar-refractivity contribution in [2.75, 3.05) is 0 Å². The topological polar surface area (TPSA) is 12.0 Å². The van der Waals surface area contributed by atoms with Crippen LogP contribution in [0.2, 0.25) is 0 Å². The summed E-state index contributed by atoms with van der Waals surface area (Å²) in [5.41, 5.74) is 3.63. The zero-order valence-corrected chi connectivity index (χ0v) is 14.3. The SMILES string of the molecule is CC1(C)CCCC(NC2CCc3cc(Br)ccc3C2)C1. The first-order valence-corrected chi connectivity index (χ1v) is 8.84. The van der Waals surface area contributed by atoms with Gasteiger partial charge in [0.1, 0.15) is 0 Å². The molecule has 0 bridgehead atoms. The zero-order chi connectivity index (χ0) is 14.2. The Kier molecular flexibility index (Phi) is 4.24. The van der Waals surface area contributed by atoms with Gasteiger partial charge in [0.15, 0.2) is 0 Å². The average molecular weight is 336 g/mol. The van der Waals surface area contributed by atoms with Crippen LogP contribution in [-0.4, -0.2) is 12.1 Å². The summed E-state index contributed by atoms with van der Waals surface area (Å²) in [6.07, 6.45) is 9.22. The van der Waals surface area contributed by atoms with Gasteiger partial charge in [-0.25, -0.2) is 0 Å². The highest BCUT2D eigenvalue weighted by Crippen LogP contribution is 2.36. The standard InChI is InChI=1S/C18H26BrN/c1-18(2)9-3-4-17(12-18)20-16-8-6-13-10-15(19)7-5-14(13)11-16/h5,7,10,16-17,20H,3-4,6,8-9,11-12H2,1-2H3. The third-order valence-electron chi connectivity index (χ3n) is 5.07. The minimum absolute atomic E-state index is 0.535. The molecule has 0 aromatic heterocycles. The molecule has 0 radical (unpaired) electrons. The average Bonchev–Trinajstić information content (AvgIpc) is 2.38. The molecule has 2 aliphatic rings. The molecule has 20 heavy (non-hydrogen) atoms. The molecule has 3 rings (SSSR count). The molecule has 1 nitrogen and oxygen atoms in total. The number of nitrogens with one attached hydrogen (secondary N) is 1. The molecule has 1 aromatic carbocycles. The molecule has 2 unspecified atom stereocenters. The number of benzene rings is 1. The minimum atomic E-state index is 0.535. The Labute approximate surface area is 131 Å². The van der Waals surface area contributed by atoms with Crippen LogP contribution in [0.3, 0.4) is 0 Å². The van der Waals surface area contributed by atoms with Crippen molar-refractivity contribution < 1.29 is 0 Å². The van der Waals surface area contributed by atoms with E-state index in [1.54, 1.807) is 11.1 Å². The quantitative estimate of drug-likeness (QED) is 0.813. The van der Waals surface area contributed by atoms with Gasteiger partial charge in [-0.05, 0) is 67.2 Å². The summed E-state index contributed by atoms with van der Waals surface area (Å²) in [6, 6.07) is 8.21. The fourth-order valence-electron chi connectivity index (χ4n) is 4.04. The van der Waals surface area contributed by atoms with Crippen molar-refractivity contribution in [2.24, 2.45) is 5.41 Å². The predicted molar refractivity (Wildman–Crippen MR) is 89.1 cm³/mol. The molecule has 1 aromatic rings. The van der Waals surface area contributed by atoms with Gasteiger partial charge in [-0.2, -0.15) is 0 Å². The predicted octanol–water partition coefficient (Wildman–Crippen LogP) is 4.86. The molecule has 2 aliphatic carbocycles. The van der Waals surface area contributed by atoms with Gasteiger partial charge in [0, 0.05) is 16.6 Å². The molecule has 0 spiro atoms. The zero-order valence-electron chi connectivity index (χ0n) is 12.7. The highest BCUT2D eigenvalue weighted by molar-refractivity contribution is 9.10. The maximum Gasteiger partial charge on any atom is 0.0178 e. The summed E-state index contributed by atoms with van der Waals surface area (Å²) in [7, 11) is 0. The molecule has 0 saturated heterocycles. The lowest BCUT2D eigenvalue weighted by Crippen LogP contribution is -2.45. The van der Waals surface area contributed by atoms with E-state index >= 15 is 0 Å². The number of fused-ring (bicyclic) bond motifs is 1. The van der Waals surface area contributed by atoms with Gasteiger partial charge in [0.05, 0.1) is 0 Å². The lowest BCUT2D eigenvalue weighted by Gasteiger charge is -2.38. The van der Waals surface area contributed by atoms with Gasteiger partial charge in [-0.15, -0.1) is 0 Å². The number of rotatable bonds is 2. The van der Waals surface area contributed by atoms with E-state index in [1.165, 1.54) is 49.4 Å². The van der Waals surface area contributed by atoms with Crippen molar-refractivity contribution in [3.8, 4) is 0 Å². The molecule has 110 valence electrons. The molecular formula is C18H26BrN. The number of hydrogen-bond donors (Lipinski definition) is 1. The lowest BCUT2D eigenvalue weighted by molar-refractivity contribution is 0.186. The Morgan fingerprint density at radius 3 is 2.80 bits per heavy atom. The van der Waals surface area contributed by atoms with E-state index < -0.39 is 0 Å². The normalized spacial score (nSPS) is 28.9. The maximum absolute atomic E-state index is 3.96. The molecule has 1 N–H and O–H groups in total. The number of aryl methyl sites for hydroxylation is 1. The third kappa shape index (κ3) is 3.46. The summed E-state index contributed by atoms with van der Waals surface area (Å²) in [6.45, 7) is 4.85. The summed E-state index contributed by atoms with van der Waals surface area (Å²) in [5, 5.41) is 3.96. The van der Waals surface area contributed by atoms with Crippen LogP contribution in [0.5, 0.6) is 0 Å². The Morgan fingerprint density at radius 1 is 1.15 bits per heavy atom. The van der Waals surface area contributed by atoms with E-state index in [4.69, 9.17) is 0 Å². The second-order valence-corrected chi connectivity index (χ2v) is 8.39. The smallest absolute Gasteiger partial charge is 0.0178 e. The summed E-state index contributed by atoms with van der Waals surface area (Å²) < 4.78 is 1.22. The van der Waals surface area contributed by atoms with E-state index in [0.29, 0.717) is 11.5 Å². The molecule has 1 saturated carbocycles. The van der Waals surface area contributed by atoms with Gasteiger partial charge in [-0.3, -0.25) is 0 Å². The molecule has 0 aliphatic heterocycles. The molecule has 2 atom stereocenters. The first-order chi connectivity index (χ1) is 9.52. The van der Waals surface area contributed by atoms with Crippen LogP contribution in [0.25, 0.3) is 0 Å². The van der Waals surface area contributed by atoms with Crippen LogP contribution in [0, 0.1) is 5.41 Å². The van der Waals surface area contributed by atoms with Crippen molar-refractivity contribution in [3.63, 3.8) is 0 Å². The van der Waals surface area contributed by atoms with Crippen molar-refractivity contribution in [2.45, 2.75) is 70.9 Å². The first-order valence-electron chi connectivity index (χ1n) is 8.05. The van der Waals surface area contributed by atoms with Crippen LogP contribution in [0.15, 0.2) is 22.7 Å². The third-order valence-corrected chi connectivity index (χ3v) is 5.57. The molecule has 1 fully saturated rings. The first kappa shape index (κ1) is 14.6. The van der Waals surface area contributed by atoms with Gasteiger partial charge in [-0.1, -0.05) is 42.3 Å². The molecule has 0 amide bonds. The van der Waals surface area contributed by atoms with Crippen molar-refractivity contribution in [1.29, 1.82) is 0 Å². The fraction of sp³-hybridized carbons (Fsp3) is 0.667. The number of halogens is 1. The summed E-state index contributed by atoms with van der Waals surface area (Å²) in [5.74, 6) is 0. The number of hydrogen-bond acceptors (Lipinski definition) is 1. The van der Waals surface area contributed by atoms with Crippen molar-refractivity contribution in [1.82, 2.24) is 5.32 Å². The Balaban J connectivity index is 1.61. The highest BCUT2D eigenvalue weighted by atomic mass is 79.9. The highest BCUT2D eigenvalue weighted by Gasteiger charge is 2.30. The lowest BCUT2D eigenvalue weighted by atomic mass is 9.74. The van der Waals surface area contributed by atoms with E-state index in [-0.39, 0.29) is 0 Å². The van der Waals surface area contributed by atoms with Gasteiger partial charge in [0.25, 0.3) is 0 Å². The van der Waals surface area contributed by atoms with Crippen LogP contribution in [0.4, 0.5) is 0 Å². The van der Waals surface area contributed by atoms with E-state index in [9.17, 15) is 0 Å². The molecular weight excluding hydrogens is 310 g/mol. The van der Waals surface area contributed by atoms with Crippen LogP contribution < -0.4 is 5.32 Å². The monoisotopic (exact) mass is 335 g/mol. The van der Waals surface area contributed by atoms with Crippen molar-refractivity contribution in [3.05, 3.63) is 33.8 Å². The summed E-state index contributed by atoms with van der Waals surface area (Å²) in [4.78, 5) is 0. The Bertz CT molecular complexity index is 480. The minimum Gasteiger partial charge on any atom is -0.311 e. The summed E-state index contributed by atoms with van der Waals surface area (Å²) >= 11 is 3.58. The molecule has 2 heteroatoms. The Hall–Kier alpha value is -0.340. The maximum atomic E-state index is 3.96. The van der Waals surface area contributed by atoms with Crippen molar-refractivity contribution >= 4 is 15.9 Å². The van der Waals surface area contributed by atoms with Crippen LogP contribution in [0.1, 0.15) is 57.1 Å². The van der Waals surface area contributed by atoms with Gasteiger partial charge in [0.2, 0.25) is 0 Å². The van der Waals surface area contributed by atoms with Crippen LogP contribution >= 0.6 is 15.9 Å². The van der Waals surface area contributed by atoms with Gasteiger partial charge < -0.3 is 5.32 Å².